The van der Waals surface area contributed by atoms with Gasteiger partial charge < -0.3 is 10.1 Å². The molecule has 0 radical (unpaired) electrons. The molecule has 0 spiro atoms. The maximum atomic E-state index is 5.60. The fraction of sp³-hybridized carbons (Fsp3) is 0.643. The molecule has 0 saturated heterocycles. The van der Waals surface area contributed by atoms with E-state index in [1.54, 1.807) is 13.3 Å². The molecule has 1 N–H and O–H groups in total. The average molecular weight is 315 g/mol. The number of halogens is 1. The number of aromatic nitrogens is 1. The monoisotopic (exact) mass is 314 g/mol. The molecule has 3 nitrogen and oxygen atoms in total. The van der Waals surface area contributed by atoms with Crippen LogP contribution in [0.15, 0.2) is 22.9 Å². The third-order valence-corrected chi connectivity index (χ3v) is 3.64. The van der Waals surface area contributed by atoms with Crippen LogP contribution < -0.4 is 5.32 Å². The molecule has 102 valence electrons. The van der Waals surface area contributed by atoms with Crippen molar-refractivity contribution in [3.63, 3.8) is 0 Å². The van der Waals surface area contributed by atoms with E-state index in [-0.39, 0.29) is 11.6 Å². The Kier molecular flexibility index (Phi) is 6.26. The standard InChI is InChI=1S/C14H23BrN2O/c1-5-6-17-13(14(2,3)18-4)8-11-7-12(15)10-16-9-11/h7,9-10,13,17H,5-6,8H2,1-4H3. The van der Waals surface area contributed by atoms with E-state index >= 15 is 0 Å². The van der Waals surface area contributed by atoms with E-state index in [0.717, 1.165) is 23.9 Å². The van der Waals surface area contributed by atoms with Crippen molar-refractivity contribution in [2.45, 2.75) is 45.3 Å². The molecule has 1 aromatic heterocycles. The Morgan fingerprint density at radius 2 is 2.17 bits per heavy atom. The lowest BCUT2D eigenvalue weighted by Crippen LogP contribution is -2.49. The number of hydrogen-bond donors (Lipinski definition) is 1. The minimum absolute atomic E-state index is 0.197. The van der Waals surface area contributed by atoms with Crippen molar-refractivity contribution in [1.82, 2.24) is 10.3 Å². The molecule has 0 aromatic carbocycles. The zero-order chi connectivity index (χ0) is 13.6. The van der Waals surface area contributed by atoms with Crippen LogP contribution in [0.2, 0.25) is 0 Å². The van der Waals surface area contributed by atoms with Crippen LogP contribution in [0.4, 0.5) is 0 Å². The highest BCUT2D eigenvalue weighted by Crippen LogP contribution is 2.19. The first-order chi connectivity index (χ1) is 8.49. The molecule has 1 unspecified atom stereocenters. The van der Waals surface area contributed by atoms with Gasteiger partial charge in [-0.25, -0.2) is 0 Å². The Balaban J connectivity index is 2.78. The fourth-order valence-corrected chi connectivity index (χ4v) is 2.24. The minimum Gasteiger partial charge on any atom is -0.377 e. The molecule has 1 atom stereocenters. The Hall–Kier alpha value is -0.450. The van der Waals surface area contributed by atoms with Crippen LogP contribution in [0.1, 0.15) is 32.8 Å². The molecule has 18 heavy (non-hydrogen) atoms. The van der Waals surface area contributed by atoms with E-state index in [2.05, 4.69) is 53.1 Å². The van der Waals surface area contributed by atoms with Gasteiger partial charge in [-0.15, -0.1) is 0 Å². The molecule has 0 aliphatic heterocycles. The summed E-state index contributed by atoms with van der Waals surface area (Å²) in [6.45, 7) is 7.40. The molecule has 0 bridgehead atoms. The SMILES string of the molecule is CCCNC(Cc1cncc(Br)c1)C(C)(C)OC. The lowest BCUT2D eigenvalue weighted by Gasteiger charge is -2.34. The van der Waals surface area contributed by atoms with Crippen LogP contribution in [-0.2, 0) is 11.2 Å². The molecule has 1 aromatic rings. The Morgan fingerprint density at radius 1 is 1.44 bits per heavy atom. The van der Waals surface area contributed by atoms with Crippen LogP contribution in [0.3, 0.4) is 0 Å². The van der Waals surface area contributed by atoms with Crippen LogP contribution in [0.25, 0.3) is 0 Å². The molecule has 0 amide bonds. The molecule has 0 saturated carbocycles. The summed E-state index contributed by atoms with van der Waals surface area (Å²) in [7, 11) is 1.76. The van der Waals surface area contributed by atoms with Crippen LogP contribution in [-0.4, -0.2) is 30.3 Å². The predicted molar refractivity (Wildman–Crippen MR) is 78.8 cm³/mol. The predicted octanol–water partition coefficient (Wildman–Crippen LogP) is 3.18. The first-order valence-corrected chi connectivity index (χ1v) is 7.17. The average Bonchev–Trinajstić information content (AvgIpc) is 2.34. The zero-order valence-electron chi connectivity index (χ0n) is 11.7. The van der Waals surface area contributed by atoms with E-state index in [9.17, 15) is 0 Å². The van der Waals surface area contributed by atoms with Gasteiger partial charge in [-0.05, 0) is 60.8 Å². The van der Waals surface area contributed by atoms with Crippen molar-refractivity contribution < 1.29 is 4.74 Å². The lowest BCUT2D eigenvalue weighted by atomic mass is 9.92. The summed E-state index contributed by atoms with van der Waals surface area (Å²) < 4.78 is 6.62. The summed E-state index contributed by atoms with van der Waals surface area (Å²) in [5.74, 6) is 0. The topological polar surface area (TPSA) is 34.2 Å². The molecular weight excluding hydrogens is 292 g/mol. The summed E-state index contributed by atoms with van der Waals surface area (Å²) >= 11 is 3.46. The maximum Gasteiger partial charge on any atom is 0.0778 e. The third kappa shape index (κ3) is 4.67. The summed E-state index contributed by atoms with van der Waals surface area (Å²) in [6.07, 6.45) is 5.75. The Morgan fingerprint density at radius 3 is 2.72 bits per heavy atom. The second-order valence-corrected chi connectivity index (χ2v) is 5.95. The van der Waals surface area contributed by atoms with Gasteiger partial charge in [-0.2, -0.15) is 0 Å². The quantitative estimate of drug-likeness (QED) is 0.839. The van der Waals surface area contributed by atoms with E-state index in [1.165, 1.54) is 5.56 Å². The minimum atomic E-state index is -0.197. The highest BCUT2D eigenvalue weighted by Gasteiger charge is 2.28. The van der Waals surface area contributed by atoms with Crippen LogP contribution in [0.5, 0.6) is 0 Å². The van der Waals surface area contributed by atoms with Crippen LogP contribution >= 0.6 is 15.9 Å². The Labute approximate surface area is 118 Å². The molecular formula is C14H23BrN2O. The van der Waals surface area contributed by atoms with Gasteiger partial charge in [0.2, 0.25) is 0 Å². The molecule has 1 rings (SSSR count). The second kappa shape index (κ2) is 7.22. The van der Waals surface area contributed by atoms with Crippen molar-refractivity contribution in [2.75, 3.05) is 13.7 Å². The number of pyridine rings is 1. The number of hydrogen-bond acceptors (Lipinski definition) is 3. The van der Waals surface area contributed by atoms with Crippen LogP contribution in [0, 0.1) is 0 Å². The van der Waals surface area contributed by atoms with Crippen molar-refractivity contribution in [3.05, 3.63) is 28.5 Å². The van der Waals surface area contributed by atoms with E-state index in [0.29, 0.717) is 0 Å². The lowest BCUT2D eigenvalue weighted by molar-refractivity contribution is -0.00999. The molecule has 1 heterocycles. The number of ether oxygens (including phenoxy) is 1. The highest BCUT2D eigenvalue weighted by atomic mass is 79.9. The van der Waals surface area contributed by atoms with E-state index in [4.69, 9.17) is 4.74 Å². The van der Waals surface area contributed by atoms with E-state index < -0.39 is 0 Å². The van der Waals surface area contributed by atoms with Gasteiger partial charge in [0.25, 0.3) is 0 Å². The summed E-state index contributed by atoms with van der Waals surface area (Å²) in [4.78, 5) is 4.21. The van der Waals surface area contributed by atoms with Crippen molar-refractivity contribution in [3.8, 4) is 0 Å². The zero-order valence-corrected chi connectivity index (χ0v) is 13.3. The molecule has 0 aliphatic rings. The first kappa shape index (κ1) is 15.6. The van der Waals surface area contributed by atoms with Gasteiger partial charge in [0.05, 0.1) is 5.60 Å². The van der Waals surface area contributed by atoms with E-state index in [1.807, 2.05) is 6.20 Å². The van der Waals surface area contributed by atoms with Gasteiger partial charge in [0.1, 0.15) is 0 Å². The summed E-state index contributed by atoms with van der Waals surface area (Å²) in [5, 5.41) is 3.56. The number of methoxy groups -OCH3 is 1. The normalized spacial score (nSPS) is 13.6. The number of rotatable bonds is 7. The van der Waals surface area contributed by atoms with Gasteiger partial charge >= 0.3 is 0 Å². The summed E-state index contributed by atoms with van der Waals surface area (Å²) in [6, 6.07) is 2.39. The van der Waals surface area contributed by atoms with Crippen molar-refractivity contribution in [2.24, 2.45) is 0 Å². The first-order valence-electron chi connectivity index (χ1n) is 6.37. The number of nitrogens with zero attached hydrogens (tertiary/aromatic N) is 1. The maximum absolute atomic E-state index is 5.60. The summed E-state index contributed by atoms with van der Waals surface area (Å²) in [5.41, 5.74) is 1.01. The smallest absolute Gasteiger partial charge is 0.0778 e. The molecule has 4 heteroatoms. The fourth-order valence-electron chi connectivity index (χ4n) is 1.83. The van der Waals surface area contributed by atoms with Gasteiger partial charge in [-0.1, -0.05) is 6.92 Å². The van der Waals surface area contributed by atoms with Gasteiger partial charge in [0.15, 0.2) is 0 Å². The Bertz CT molecular complexity index is 369. The van der Waals surface area contributed by atoms with Gasteiger partial charge in [0, 0.05) is 30.0 Å². The third-order valence-electron chi connectivity index (χ3n) is 3.21. The highest BCUT2D eigenvalue weighted by molar-refractivity contribution is 9.10. The molecule has 0 aliphatic carbocycles. The largest absolute Gasteiger partial charge is 0.377 e. The number of nitrogens with one attached hydrogen (secondary N) is 1. The van der Waals surface area contributed by atoms with Crippen molar-refractivity contribution in [1.29, 1.82) is 0 Å². The van der Waals surface area contributed by atoms with Crippen molar-refractivity contribution >= 4 is 15.9 Å². The van der Waals surface area contributed by atoms with Gasteiger partial charge in [-0.3, -0.25) is 4.98 Å². The second-order valence-electron chi connectivity index (χ2n) is 5.03. The molecule has 0 fully saturated rings.